The van der Waals surface area contributed by atoms with Crippen molar-refractivity contribution in [1.29, 1.82) is 0 Å². The van der Waals surface area contributed by atoms with E-state index in [9.17, 15) is 0 Å². The van der Waals surface area contributed by atoms with Gasteiger partial charge in [-0.1, -0.05) is 12.2 Å². The predicted octanol–water partition coefficient (Wildman–Crippen LogP) is 2.38. The Morgan fingerprint density at radius 3 is 3.00 bits per heavy atom. The summed E-state index contributed by atoms with van der Waals surface area (Å²) in [4.78, 5) is 4.24. The summed E-state index contributed by atoms with van der Waals surface area (Å²) in [6.45, 7) is 5.47. The number of rotatable bonds is 6. The lowest BCUT2D eigenvalue weighted by molar-refractivity contribution is 0.409. The van der Waals surface area contributed by atoms with E-state index in [1.807, 2.05) is 6.20 Å². The van der Waals surface area contributed by atoms with Crippen LogP contribution in [0.1, 0.15) is 25.1 Å². The lowest BCUT2D eigenvalue weighted by Gasteiger charge is -2.18. The van der Waals surface area contributed by atoms with Gasteiger partial charge in [-0.3, -0.25) is 0 Å². The van der Waals surface area contributed by atoms with Gasteiger partial charge in [0.1, 0.15) is 5.82 Å². The van der Waals surface area contributed by atoms with Crippen molar-refractivity contribution >= 4 is 0 Å². The SMILES string of the molecule is Cc1nccn1CCCNC[C@H]1C[C@@H]2C=C[C@@H]1C2. The first-order chi connectivity index (χ1) is 8.83. The van der Waals surface area contributed by atoms with E-state index in [0.717, 1.165) is 36.7 Å². The van der Waals surface area contributed by atoms with Crippen LogP contribution in [0.15, 0.2) is 24.5 Å². The van der Waals surface area contributed by atoms with Crippen LogP contribution in [0.4, 0.5) is 0 Å². The first-order valence-electron chi connectivity index (χ1n) is 7.19. The summed E-state index contributed by atoms with van der Waals surface area (Å²) in [6, 6.07) is 0. The van der Waals surface area contributed by atoms with Crippen molar-refractivity contribution in [1.82, 2.24) is 14.9 Å². The zero-order valence-electron chi connectivity index (χ0n) is 11.2. The molecule has 0 unspecified atom stereocenters. The molecule has 3 rings (SSSR count). The fourth-order valence-corrected chi connectivity index (χ4v) is 3.43. The monoisotopic (exact) mass is 245 g/mol. The Morgan fingerprint density at radius 1 is 1.39 bits per heavy atom. The number of fused-ring (bicyclic) bond motifs is 2. The highest BCUT2D eigenvalue weighted by atomic mass is 15.1. The van der Waals surface area contributed by atoms with Gasteiger partial charge >= 0.3 is 0 Å². The molecule has 3 nitrogen and oxygen atoms in total. The summed E-state index contributed by atoms with van der Waals surface area (Å²) in [5.74, 6) is 3.79. The van der Waals surface area contributed by atoms with Crippen LogP contribution in [0.3, 0.4) is 0 Å². The summed E-state index contributed by atoms with van der Waals surface area (Å²) in [5, 5.41) is 3.63. The van der Waals surface area contributed by atoms with Gasteiger partial charge in [0.15, 0.2) is 0 Å². The van der Waals surface area contributed by atoms with E-state index in [1.54, 1.807) is 0 Å². The standard InChI is InChI=1S/C15H23N3/c1-12-17-6-8-18(12)7-2-5-16-11-15-10-13-3-4-14(15)9-13/h3-4,6,8,13-16H,2,5,7,9-11H2,1H3/t13-,14-,15-/m1/s1. The first-order valence-corrected chi connectivity index (χ1v) is 7.19. The maximum Gasteiger partial charge on any atom is 0.105 e. The molecular formula is C15H23N3. The third-order valence-electron chi connectivity index (χ3n) is 4.50. The third kappa shape index (κ3) is 2.51. The van der Waals surface area contributed by atoms with E-state index in [0.29, 0.717) is 0 Å². The van der Waals surface area contributed by atoms with Crippen LogP contribution in [0.25, 0.3) is 0 Å². The van der Waals surface area contributed by atoms with Crippen molar-refractivity contribution in [3.05, 3.63) is 30.4 Å². The summed E-state index contributed by atoms with van der Waals surface area (Å²) in [7, 11) is 0. The molecule has 2 aliphatic rings. The van der Waals surface area contributed by atoms with Crippen LogP contribution in [0.5, 0.6) is 0 Å². The van der Waals surface area contributed by atoms with Gasteiger partial charge in [0.2, 0.25) is 0 Å². The molecule has 1 heterocycles. The topological polar surface area (TPSA) is 29.9 Å². The Kier molecular flexibility index (Phi) is 3.50. The predicted molar refractivity (Wildman–Crippen MR) is 73.3 cm³/mol. The van der Waals surface area contributed by atoms with E-state index in [4.69, 9.17) is 0 Å². The molecule has 0 aromatic carbocycles. The maximum absolute atomic E-state index is 4.24. The van der Waals surface area contributed by atoms with Crippen LogP contribution in [0, 0.1) is 24.7 Å². The number of imidazole rings is 1. The highest BCUT2D eigenvalue weighted by molar-refractivity contribution is 5.10. The molecule has 18 heavy (non-hydrogen) atoms. The van der Waals surface area contributed by atoms with Gasteiger partial charge in [0.25, 0.3) is 0 Å². The van der Waals surface area contributed by atoms with E-state index in [-0.39, 0.29) is 0 Å². The third-order valence-corrected chi connectivity index (χ3v) is 4.50. The normalized spacial score (nSPS) is 29.3. The molecule has 1 aromatic heterocycles. The lowest BCUT2D eigenvalue weighted by atomic mass is 9.94. The average molecular weight is 245 g/mol. The number of nitrogens with one attached hydrogen (secondary N) is 1. The number of aryl methyl sites for hydroxylation is 2. The van der Waals surface area contributed by atoms with Gasteiger partial charge in [-0.25, -0.2) is 4.98 Å². The molecule has 0 saturated heterocycles. The second-order valence-corrected chi connectivity index (χ2v) is 5.77. The Hall–Kier alpha value is -1.09. The smallest absolute Gasteiger partial charge is 0.105 e. The summed E-state index contributed by atoms with van der Waals surface area (Å²) in [6.07, 6.45) is 12.8. The van der Waals surface area contributed by atoms with Crippen molar-refractivity contribution in [2.75, 3.05) is 13.1 Å². The number of aromatic nitrogens is 2. The van der Waals surface area contributed by atoms with E-state index >= 15 is 0 Å². The largest absolute Gasteiger partial charge is 0.335 e. The van der Waals surface area contributed by atoms with Crippen molar-refractivity contribution in [2.24, 2.45) is 17.8 Å². The molecular weight excluding hydrogens is 222 g/mol. The number of hydrogen-bond donors (Lipinski definition) is 1. The van der Waals surface area contributed by atoms with Gasteiger partial charge in [-0.2, -0.15) is 0 Å². The molecule has 0 radical (unpaired) electrons. The molecule has 1 fully saturated rings. The van der Waals surface area contributed by atoms with Crippen LogP contribution in [0.2, 0.25) is 0 Å². The average Bonchev–Trinajstić information content (AvgIpc) is 3.06. The highest BCUT2D eigenvalue weighted by Gasteiger charge is 2.34. The minimum atomic E-state index is 0.874. The molecule has 2 aliphatic carbocycles. The van der Waals surface area contributed by atoms with Gasteiger partial charge in [-0.05, 0) is 57.0 Å². The summed E-state index contributed by atoms with van der Waals surface area (Å²) < 4.78 is 2.22. The van der Waals surface area contributed by atoms with Crippen LogP contribution in [-0.2, 0) is 6.54 Å². The van der Waals surface area contributed by atoms with Gasteiger partial charge < -0.3 is 9.88 Å². The molecule has 2 bridgehead atoms. The minimum absolute atomic E-state index is 0.874. The van der Waals surface area contributed by atoms with Crippen molar-refractivity contribution in [2.45, 2.75) is 32.7 Å². The Labute approximate surface area is 109 Å². The Morgan fingerprint density at radius 2 is 2.33 bits per heavy atom. The summed E-state index contributed by atoms with van der Waals surface area (Å²) in [5.41, 5.74) is 0. The van der Waals surface area contributed by atoms with Gasteiger partial charge in [0.05, 0.1) is 0 Å². The molecule has 1 aromatic rings. The number of hydrogen-bond acceptors (Lipinski definition) is 2. The quantitative estimate of drug-likeness (QED) is 0.616. The second-order valence-electron chi connectivity index (χ2n) is 5.77. The molecule has 3 atom stereocenters. The fourth-order valence-electron chi connectivity index (χ4n) is 3.43. The Balaban J connectivity index is 1.32. The number of allylic oxidation sites excluding steroid dienone is 2. The number of nitrogens with zero attached hydrogens (tertiary/aromatic N) is 2. The van der Waals surface area contributed by atoms with E-state index in [2.05, 4.69) is 40.1 Å². The zero-order valence-corrected chi connectivity index (χ0v) is 11.2. The highest BCUT2D eigenvalue weighted by Crippen LogP contribution is 2.42. The van der Waals surface area contributed by atoms with Crippen LogP contribution in [-0.4, -0.2) is 22.6 Å². The van der Waals surface area contributed by atoms with E-state index in [1.165, 1.54) is 25.8 Å². The fraction of sp³-hybridized carbons (Fsp3) is 0.667. The molecule has 0 aliphatic heterocycles. The lowest BCUT2D eigenvalue weighted by Crippen LogP contribution is -2.26. The molecule has 0 spiro atoms. The van der Waals surface area contributed by atoms with Crippen molar-refractivity contribution in [3.63, 3.8) is 0 Å². The summed E-state index contributed by atoms with van der Waals surface area (Å²) >= 11 is 0. The maximum atomic E-state index is 4.24. The second kappa shape index (κ2) is 5.27. The van der Waals surface area contributed by atoms with Crippen LogP contribution >= 0.6 is 0 Å². The molecule has 1 N–H and O–H groups in total. The molecule has 98 valence electrons. The first kappa shape index (κ1) is 12.0. The van der Waals surface area contributed by atoms with Gasteiger partial charge in [-0.15, -0.1) is 0 Å². The molecule has 1 saturated carbocycles. The Bertz CT molecular complexity index is 421. The minimum Gasteiger partial charge on any atom is -0.335 e. The zero-order chi connectivity index (χ0) is 12.4. The molecule has 3 heteroatoms. The molecule has 0 amide bonds. The van der Waals surface area contributed by atoms with Crippen LogP contribution < -0.4 is 5.32 Å². The van der Waals surface area contributed by atoms with E-state index < -0.39 is 0 Å². The van der Waals surface area contributed by atoms with Gasteiger partial charge in [0, 0.05) is 18.9 Å². The van der Waals surface area contributed by atoms with Crippen molar-refractivity contribution in [3.8, 4) is 0 Å². The van der Waals surface area contributed by atoms with Crippen molar-refractivity contribution < 1.29 is 0 Å².